The largest absolute Gasteiger partial charge is 0.620 e. The van der Waals surface area contributed by atoms with E-state index in [9.17, 15) is 39.6 Å². The highest BCUT2D eigenvalue weighted by Gasteiger charge is 2.60. The molecule has 1 spiro atoms. The Kier molecular flexibility index (Phi) is 4.69. The van der Waals surface area contributed by atoms with Gasteiger partial charge in [-0.1, -0.05) is 0 Å². The number of hydrogen-bond acceptors (Lipinski definition) is 12. The second kappa shape index (κ2) is 5.82. The summed E-state index contributed by atoms with van der Waals surface area (Å²) in [7, 11) is 0. The molecule has 2 aliphatic heterocycles. The van der Waals surface area contributed by atoms with Crippen molar-refractivity contribution in [2.24, 2.45) is 0 Å². The molecular formula is C9H10O13. The maximum absolute atomic E-state index is 11.4. The highest BCUT2D eigenvalue weighted by Crippen LogP contribution is 2.28. The summed E-state index contributed by atoms with van der Waals surface area (Å²) in [5.41, 5.74) is 0. The van der Waals surface area contributed by atoms with Crippen molar-refractivity contribution in [3.63, 3.8) is 0 Å². The Morgan fingerprint density at radius 2 is 0.773 bits per heavy atom. The summed E-state index contributed by atoms with van der Waals surface area (Å²) in [5, 5.41) is 36.8. The standard InChI is InChI=1S/C9H8O12.H2O/c10-1-2(11)6(15)19-9(18-5(1)14)20-7(16)3(12)4(13)8(17)21-9;/h1-4,10-13H;1H2. The summed E-state index contributed by atoms with van der Waals surface area (Å²) < 4.78 is 16.8. The average Bonchev–Trinajstić information content (AvgIpc) is 2.53. The molecule has 2 fully saturated rings. The predicted octanol–water partition coefficient (Wildman–Crippen LogP) is -5.58. The molecule has 0 bridgehead atoms. The van der Waals surface area contributed by atoms with Gasteiger partial charge in [-0.3, -0.25) is 0 Å². The van der Waals surface area contributed by atoms with Crippen molar-refractivity contribution >= 4 is 23.9 Å². The van der Waals surface area contributed by atoms with Crippen molar-refractivity contribution in [1.82, 2.24) is 0 Å². The number of aliphatic hydroxyl groups excluding tert-OH is 4. The monoisotopic (exact) mass is 326 g/mol. The van der Waals surface area contributed by atoms with Gasteiger partial charge < -0.3 is 44.8 Å². The van der Waals surface area contributed by atoms with Gasteiger partial charge in [0.1, 0.15) is 0 Å². The van der Waals surface area contributed by atoms with E-state index >= 15 is 0 Å². The summed E-state index contributed by atoms with van der Waals surface area (Å²) in [6.07, 6.45) is -13.0. The zero-order valence-electron chi connectivity index (χ0n) is 10.4. The number of rotatable bonds is 0. The van der Waals surface area contributed by atoms with Gasteiger partial charge in [0.15, 0.2) is 24.4 Å². The van der Waals surface area contributed by atoms with E-state index in [2.05, 4.69) is 18.9 Å². The third-order valence-corrected chi connectivity index (χ3v) is 2.47. The molecule has 0 radical (unpaired) electrons. The van der Waals surface area contributed by atoms with E-state index in [1.54, 1.807) is 0 Å². The van der Waals surface area contributed by atoms with Crippen LogP contribution in [0.4, 0.5) is 0 Å². The van der Waals surface area contributed by atoms with Crippen molar-refractivity contribution in [1.29, 1.82) is 0 Å². The molecule has 4 atom stereocenters. The van der Waals surface area contributed by atoms with Crippen LogP contribution in [-0.4, -0.2) is 80.4 Å². The van der Waals surface area contributed by atoms with Crippen molar-refractivity contribution in [2.75, 3.05) is 0 Å². The summed E-state index contributed by atoms with van der Waals surface area (Å²) in [6, 6.07) is 0. The summed E-state index contributed by atoms with van der Waals surface area (Å²) in [4.78, 5) is 45.4. The zero-order valence-corrected chi connectivity index (χ0v) is 10.4. The lowest BCUT2D eigenvalue weighted by Gasteiger charge is -2.24. The molecule has 0 amide bonds. The van der Waals surface area contributed by atoms with E-state index in [0.717, 1.165) is 0 Å². The maximum Gasteiger partial charge on any atom is 0.620 e. The van der Waals surface area contributed by atoms with Gasteiger partial charge in [-0.25, -0.2) is 19.2 Å². The number of aliphatic hydroxyl groups is 4. The lowest BCUT2D eigenvalue weighted by molar-refractivity contribution is -0.428. The molecule has 13 nitrogen and oxygen atoms in total. The zero-order chi connectivity index (χ0) is 15.9. The first-order valence-electron chi connectivity index (χ1n) is 5.30. The first-order chi connectivity index (χ1) is 9.67. The third kappa shape index (κ3) is 2.83. The average molecular weight is 326 g/mol. The SMILES string of the molecule is O.O=C1OC2(OC(=O)C(O)C1O)OC(=O)C(O)C(O)C(=O)O2. The van der Waals surface area contributed by atoms with E-state index in [0.29, 0.717) is 0 Å². The molecule has 6 N–H and O–H groups in total. The molecule has 4 unspecified atom stereocenters. The number of esters is 4. The van der Waals surface area contributed by atoms with E-state index in [4.69, 9.17) is 0 Å². The topological polar surface area (TPSA) is 218 Å². The van der Waals surface area contributed by atoms with Gasteiger partial charge in [0, 0.05) is 0 Å². The molecule has 0 aromatic heterocycles. The molecule has 2 saturated heterocycles. The Labute approximate surface area is 119 Å². The number of carbonyl (C=O) groups excluding carboxylic acids is 4. The van der Waals surface area contributed by atoms with Crippen LogP contribution in [0, 0.1) is 0 Å². The van der Waals surface area contributed by atoms with Crippen LogP contribution in [0.3, 0.4) is 0 Å². The van der Waals surface area contributed by atoms with Crippen molar-refractivity contribution < 1.29 is 64.0 Å². The van der Waals surface area contributed by atoms with Gasteiger partial charge in [-0.2, -0.15) is 0 Å². The van der Waals surface area contributed by atoms with Crippen molar-refractivity contribution in [3.8, 4) is 0 Å². The number of hydrogen-bond donors (Lipinski definition) is 4. The van der Waals surface area contributed by atoms with E-state index in [1.165, 1.54) is 0 Å². The molecule has 124 valence electrons. The van der Waals surface area contributed by atoms with Crippen LogP contribution in [0.5, 0.6) is 0 Å². The van der Waals surface area contributed by atoms with Crippen LogP contribution in [0.1, 0.15) is 0 Å². The van der Waals surface area contributed by atoms with Gasteiger partial charge in [0.25, 0.3) is 0 Å². The van der Waals surface area contributed by atoms with E-state index < -0.39 is 54.5 Å². The number of carbonyl (C=O) groups is 4. The molecular weight excluding hydrogens is 316 g/mol. The molecule has 2 aliphatic rings. The molecule has 0 saturated carbocycles. The van der Waals surface area contributed by atoms with Crippen LogP contribution in [0.2, 0.25) is 0 Å². The first kappa shape index (κ1) is 17.7. The second-order valence-corrected chi connectivity index (χ2v) is 3.96. The summed E-state index contributed by atoms with van der Waals surface area (Å²) in [5.74, 6) is -6.89. The van der Waals surface area contributed by atoms with Crippen LogP contribution in [0.15, 0.2) is 0 Å². The smallest absolute Gasteiger partial charge is 0.412 e. The number of ether oxygens (including phenoxy) is 4. The lowest BCUT2D eigenvalue weighted by atomic mass is 10.2. The molecule has 13 heteroatoms. The normalized spacial score (nSPS) is 38.7. The minimum absolute atomic E-state index is 0. The fourth-order valence-electron chi connectivity index (χ4n) is 1.37. The Bertz CT molecular complexity index is 418. The highest BCUT2D eigenvalue weighted by molar-refractivity contribution is 5.90. The predicted molar refractivity (Wildman–Crippen MR) is 54.7 cm³/mol. The summed E-state index contributed by atoms with van der Waals surface area (Å²) in [6.45, 7) is 0. The molecule has 22 heavy (non-hydrogen) atoms. The van der Waals surface area contributed by atoms with Crippen LogP contribution < -0.4 is 0 Å². The lowest BCUT2D eigenvalue weighted by Crippen LogP contribution is -2.46. The Morgan fingerprint density at radius 1 is 0.591 bits per heavy atom. The Morgan fingerprint density at radius 3 is 0.955 bits per heavy atom. The maximum atomic E-state index is 11.4. The molecule has 0 aliphatic carbocycles. The fraction of sp³-hybridized carbons (Fsp3) is 0.556. The van der Waals surface area contributed by atoms with Gasteiger partial charge in [-0.05, 0) is 0 Å². The highest BCUT2D eigenvalue weighted by atomic mass is 17.0. The summed E-state index contributed by atoms with van der Waals surface area (Å²) >= 11 is 0. The molecule has 2 rings (SSSR count). The van der Waals surface area contributed by atoms with Gasteiger partial charge in [0.2, 0.25) is 0 Å². The third-order valence-electron chi connectivity index (χ3n) is 2.47. The van der Waals surface area contributed by atoms with E-state index in [-0.39, 0.29) is 5.48 Å². The Balaban J connectivity index is 0.00000242. The van der Waals surface area contributed by atoms with Crippen molar-refractivity contribution in [3.05, 3.63) is 0 Å². The second-order valence-electron chi connectivity index (χ2n) is 3.96. The van der Waals surface area contributed by atoms with E-state index in [1.807, 2.05) is 0 Å². The Hall–Kier alpha value is -2.32. The minimum atomic E-state index is -3.40. The first-order valence-corrected chi connectivity index (χ1v) is 5.30. The molecule has 2 heterocycles. The molecule has 0 aromatic rings. The van der Waals surface area contributed by atoms with Crippen molar-refractivity contribution in [2.45, 2.75) is 30.6 Å². The van der Waals surface area contributed by atoms with Crippen LogP contribution in [0.25, 0.3) is 0 Å². The quantitative estimate of drug-likeness (QED) is 0.306. The fourth-order valence-corrected chi connectivity index (χ4v) is 1.37. The van der Waals surface area contributed by atoms with Crippen LogP contribution in [-0.2, 0) is 38.1 Å². The van der Waals surface area contributed by atoms with Gasteiger partial charge in [-0.15, -0.1) is 0 Å². The van der Waals surface area contributed by atoms with Gasteiger partial charge >= 0.3 is 30.0 Å². The minimum Gasteiger partial charge on any atom is -0.412 e. The molecule has 0 aromatic carbocycles. The van der Waals surface area contributed by atoms with Gasteiger partial charge in [0.05, 0.1) is 0 Å². The van der Waals surface area contributed by atoms with Crippen LogP contribution >= 0.6 is 0 Å².